The molecule has 0 spiro atoms. The van der Waals surface area contributed by atoms with E-state index in [-0.39, 0.29) is 5.91 Å². The highest BCUT2D eigenvalue weighted by molar-refractivity contribution is 5.78. The highest BCUT2D eigenvalue weighted by Crippen LogP contribution is 2.03. The summed E-state index contributed by atoms with van der Waals surface area (Å²) in [6, 6.07) is 0. The lowest BCUT2D eigenvalue weighted by Gasteiger charge is -2.34. The molecule has 1 amide bonds. The third-order valence-electron chi connectivity index (χ3n) is 3.47. The fourth-order valence-electron chi connectivity index (χ4n) is 2.26. The van der Waals surface area contributed by atoms with Gasteiger partial charge in [-0.25, -0.2) is 0 Å². The summed E-state index contributed by atoms with van der Waals surface area (Å²) < 4.78 is 0. The van der Waals surface area contributed by atoms with E-state index in [0.29, 0.717) is 13.1 Å². The summed E-state index contributed by atoms with van der Waals surface area (Å²) in [5.74, 6) is 0.227. The van der Waals surface area contributed by atoms with Crippen LogP contribution in [0.2, 0.25) is 0 Å². The molecule has 0 unspecified atom stereocenters. The molecule has 0 N–H and O–H groups in total. The van der Waals surface area contributed by atoms with E-state index < -0.39 is 0 Å². The first kappa shape index (κ1) is 15.2. The lowest BCUT2D eigenvalue weighted by Crippen LogP contribution is -2.50. The zero-order valence-electron chi connectivity index (χ0n) is 12.1. The van der Waals surface area contributed by atoms with Gasteiger partial charge in [-0.1, -0.05) is 19.1 Å². The molecule has 1 saturated heterocycles. The minimum absolute atomic E-state index is 0.227. The zero-order valence-corrected chi connectivity index (χ0v) is 12.1. The number of piperazine rings is 1. The minimum atomic E-state index is 0.227. The Morgan fingerprint density at radius 3 is 2.17 bits per heavy atom. The minimum Gasteiger partial charge on any atom is -0.338 e. The van der Waals surface area contributed by atoms with Gasteiger partial charge in [-0.15, -0.1) is 0 Å². The summed E-state index contributed by atoms with van der Waals surface area (Å²) in [5.41, 5.74) is 1.04. The maximum Gasteiger partial charge on any atom is 0.237 e. The van der Waals surface area contributed by atoms with Crippen molar-refractivity contribution in [1.29, 1.82) is 0 Å². The molecular weight excluding hydrogens is 226 g/mol. The first-order chi connectivity index (χ1) is 8.56. The maximum atomic E-state index is 12.2. The largest absolute Gasteiger partial charge is 0.338 e. The summed E-state index contributed by atoms with van der Waals surface area (Å²) in [7, 11) is 0. The molecule has 0 aromatic heterocycles. The Morgan fingerprint density at radius 1 is 1.17 bits per heavy atom. The molecule has 1 aliphatic heterocycles. The molecule has 0 saturated carbocycles. The molecule has 104 valence electrons. The van der Waals surface area contributed by atoms with Gasteiger partial charge in [-0.05, 0) is 20.4 Å². The second kappa shape index (κ2) is 7.54. The van der Waals surface area contributed by atoms with E-state index >= 15 is 0 Å². The Balaban J connectivity index is 2.37. The Morgan fingerprint density at radius 2 is 1.72 bits per heavy atom. The molecule has 0 aromatic carbocycles. The average molecular weight is 253 g/mol. The van der Waals surface area contributed by atoms with Gasteiger partial charge < -0.3 is 9.80 Å². The van der Waals surface area contributed by atoms with Crippen LogP contribution in [0, 0.1) is 0 Å². The van der Waals surface area contributed by atoms with Gasteiger partial charge in [0.1, 0.15) is 0 Å². The molecule has 0 atom stereocenters. The van der Waals surface area contributed by atoms with Gasteiger partial charge >= 0.3 is 0 Å². The summed E-state index contributed by atoms with van der Waals surface area (Å²) in [5, 5.41) is 0. The molecular formula is C14H27N3O. The number of amides is 1. The van der Waals surface area contributed by atoms with Crippen LogP contribution in [-0.2, 0) is 4.79 Å². The molecule has 0 aliphatic carbocycles. The highest BCUT2D eigenvalue weighted by Gasteiger charge is 2.20. The Kier molecular flexibility index (Phi) is 6.36. The van der Waals surface area contributed by atoms with Crippen LogP contribution in [0.25, 0.3) is 0 Å². The molecule has 1 rings (SSSR count). The number of carbonyl (C=O) groups is 1. The monoisotopic (exact) mass is 253 g/mol. The maximum absolute atomic E-state index is 12.2. The number of carbonyl (C=O) groups excluding carboxylic acids is 1. The number of rotatable bonds is 6. The smallest absolute Gasteiger partial charge is 0.237 e. The first-order valence-electron chi connectivity index (χ1n) is 6.93. The second-order valence-electron chi connectivity index (χ2n) is 5.08. The van der Waals surface area contributed by atoms with Crippen molar-refractivity contribution in [1.82, 2.24) is 14.7 Å². The van der Waals surface area contributed by atoms with E-state index in [0.717, 1.165) is 44.8 Å². The van der Waals surface area contributed by atoms with Crippen LogP contribution in [0.3, 0.4) is 0 Å². The van der Waals surface area contributed by atoms with Gasteiger partial charge in [0.25, 0.3) is 0 Å². The van der Waals surface area contributed by atoms with Crippen molar-refractivity contribution >= 4 is 5.91 Å². The third kappa shape index (κ3) is 4.78. The van der Waals surface area contributed by atoms with Crippen LogP contribution in [-0.4, -0.2) is 73.0 Å². The Labute approximate surface area is 111 Å². The van der Waals surface area contributed by atoms with Gasteiger partial charge in [0.05, 0.1) is 6.54 Å². The lowest BCUT2D eigenvalue weighted by atomic mass is 10.2. The van der Waals surface area contributed by atoms with Crippen LogP contribution in [0.5, 0.6) is 0 Å². The van der Waals surface area contributed by atoms with Crippen molar-refractivity contribution in [2.45, 2.75) is 20.8 Å². The molecule has 0 bridgehead atoms. The van der Waals surface area contributed by atoms with Crippen LogP contribution in [0.1, 0.15) is 20.8 Å². The lowest BCUT2D eigenvalue weighted by molar-refractivity contribution is -0.132. The van der Waals surface area contributed by atoms with E-state index in [1.54, 1.807) is 0 Å². The molecule has 1 aliphatic rings. The first-order valence-corrected chi connectivity index (χ1v) is 6.93. The molecule has 0 aromatic rings. The van der Waals surface area contributed by atoms with Crippen molar-refractivity contribution < 1.29 is 4.79 Å². The third-order valence-corrected chi connectivity index (χ3v) is 3.47. The van der Waals surface area contributed by atoms with Gasteiger partial charge in [-0.2, -0.15) is 0 Å². The summed E-state index contributed by atoms with van der Waals surface area (Å²) >= 11 is 0. The molecule has 4 nitrogen and oxygen atoms in total. The molecule has 1 heterocycles. The predicted octanol–water partition coefficient (Wildman–Crippen LogP) is 1.05. The van der Waals surface area contributed by atoms with E-state index in [2.05, 4.69) is 23.3 Å². The van der Waals surface area contributed by atoms with E-state index in [1.165, 1.54) is 0 Å². The number of nitrogens with zero attached hydrogens (tertiary/aromatic N) is 3. The van der Waals surface area contributed by atoms with Gasteiger partial charge in [0.2, 0.25) is 5.91 Å². The van der Waals surface area contributed by atoms with E-state index in [4.69, 9.17) is 0 Å². The molecule has 1 fully saturated rings. The quantitative estimate of drug-likeness (QED) is 0.662. The van der Waals surface area contributed by atoms with Crippen molar-refractivity contribution in [3.8, 4) is 0 Å². The average Bonchev–Trinajstić information content (AvgIpc) is 2.36. The molecule has 4 heteroatoms. The topological polar surface area (TPSA) is 26.8 Å². The fraction of sp³-hybridized carbons (Fsp3) is 0.786. The highest BCUT2D eigenvalue weighted by atomic mass is 16.2. The van der Waals surface area contributed by atoms with Gasteiger partial charge in [0, 0.05) is 39.3 Å². The van der Waals surface area contributed by atoms with Crippen molar-refractivity contribution in [3.05, 3.63) is 12.2 Å². The van der Waals surface area contributed by atoms with Crippen LogP contribution < -0.4 is 0 Å². The SMILES string of the molecule is C=C(C)CN(CC)C(=O)CN1CCN(CC)CC1. The fourth-order valence-corrected chi connectivity index (χ4v) is 2.26. The van der Waals surface area contributed by atoms with E-state index in [9.17, 15) is 4.79 Å². The summed E-state index contributed by atoms with van der Waals surface area (Å²) in [4.78, 5) is 18.7. The van der Waals surface area contributed by atoms with Gasteiger partial charge in [-0.3, -0.25) is 9.69 Å². The van der Waals surface area contributed by atoms with Crippen molar-refractivity contribution in [2.24, 2.45) is 0 Å². The normalized spacial score (nSPS) is 17.7. The molecule has 18 heavy (non-hydrogen) atoms. The summed E-state index contributed by atoms with van der Waals surface area (Å²) in [6.07, 6.45) is 0. The zero-order chi connectivity index (χ0) is 13.5. The number of hydrogen-bond acceptors (Lipinski definition) is 3. The Bertz CT molecular complexity index is 283. The van der Waals surface area contributed by atoms with Crippen LogP contribution in [0.4, 0.5) is 0 Å². The standard InChI is InChI=1S/C14H27N3O/c1-5-15-7-9-16(10-8-15)12-14(18)17(6-2)11-13(3)4/h3,5-12H2,1-2,4H3. The Hall–Kier alpha value is -0.870. The van der Waals surface area contributed by atoms with Gasteiger partial charge in [0.15, 0.2) is 0 Å². The summed E-state index contributed by atoms with van der Waals surface area (Å²) in [6.45, 7) is 17.3. The second-order valence-corrected chi connectivity index (χ2v) is 5.08. The van der Waals surface area contributed by atoms with Crippen molar-refractivity contribution in [3.63, 3.8) is 0 Å². The molecule has 0 radical (unpaired) electrons. The van der Waals surface area contributed by atoms with E-state index in [1.807, 2.05) is 18.7 Å². The van der Waals surface area contributed by atoms with Crippen LogP contribution >= 0.6 is 0 Å². The predicted molar refractivity (Wildman–Crippen MR) is 75.6 cm³/mol. The van der Waals surface area contributed by atoms with Crippen LogP contribution in [0.15, 0.2) is 12.2 Å². The number of likely N-dealkylation sites (N-methyl/N-ethyl adjacent to an activating group) is 2. The number of hydrogen-bond donors (Lipinski definition) is 0. The van der Waals surface area contributed by atoms with Crippen molar-refractivity contribution in [2.75, 3.05) is 52.4 Å².